The average Bonchev–Trinajstić information content (AvgIpc) is 3.15. The summed E-state index contributed by atoms with van der Waals surface area (Å²) in [7, 11) is 4.70. The van der Waals surface area contributed by atoms with E-state index in [-0.39, 0.29) is 25.2 Å². The van der Waals surface area contributed by atoms with Crippen molar-refractivity contribution in [2.75, 3.05) is 54.1 Å². The Kier molecular flexibility index (Phi) is 39.9. The number of ether oxygens (including phenoxy) is 2. The standard InChI is InChI=1S/C46H89NO7P/c1-7-10-12-14-16-18-20-22-24-26-28-30-32-34-36-38-45(48)50-42-44(43-53-55(51-9-3)52-41-40-47(4,5)6)54-46(49)39-37-35-33-31-29-27-25-23-21-19-17-15-13-11-8-2/h22-25,44H,7-21,26-43H2,1-6H3/q+1/b24-22-,25-23-/t44-,55?/m0/s1. The maximum atomic E-state index is 12.8. The van der Waals surface area contributed by atoms with Gasteiger partial charge in [0.2, 0.25) is 0 Å². The maximum absolute atomic E-state index is 12.8. The minimum absolute atomic E-state index is 0.0315. The van der Waals surface area contributed by atoms with Crippen LogP contribution in [0.25, 0.3) is 0 Å². The van der Waals surface area contributed by atoms with Crippen LogP contribution in [-0.2, 0) is 32.6 Å². The lowest BCUT2D eigenvalue weighted by Gasteiger charge is -2.25. The molecule has 0 saturated carbocycles. The summed E-state index contributed by atoms with van der Waals surface area (Å²) in [5.41, 5.74) is 0. The molecule has 0 saturated heterocycles. The molecule has 1 unspecified atom stereocenters. The lowest BCUT2D eigenvalue weighted by Crippen LogP contribution is -2.37. The molecule has 55 heavy (non-hydrogen) atoms. The molecule has 0 aliphatic carbocycles. The first-order valence-electron chi connectivity index (χ1n) is 22.9. The summed E-state index contributed by atoms with van der Waals surface area (Å²) >= 11 is 0. The monoisotopic (exact) mass is 799 g/mol. The molecule has 0 N–H and O–H groups in total. The van der Waals surface area contributed by atoms with E-state index in [1.165, 1.54) is 116 Å². The number of rotatable bonds is 42. The molecule has 9 heteroatoms. The van der Waals surface area contributed by atoms with Crippen LogP contribution in [0.5, 0.6) is 0 Å². The normalized spacial score (nSPS) is 13.2. The summed E-state index contributed by atoms with van der Waals surface area (Å²) in [6.45, 7) is 8.17. The van der Waals surface area contributed by atoms with E-state index in [2.05, 4.69) is 59.3 Å². The third-order valence-electron chi connectivity index (χ3n) is 9.57. The largest absolute Gasteiger partial charge is 0.462 e. The number of allylic oxidation sites excluding steroid dienone is 4. The average molecular weight is 799 g/mol. The number of quaternary nitrogens is 1. The molecule has 0 amide bonds. The van der Waals surface area contributed by atoms with Crippen molar-refractivity contribution in [1.29, 1.82) is 0 Å². The van der Waals surface area contributed by atoms with Crippen LogP contribution in [0.4, 0.5) is 0 Å². The smallest absolute Gasteiger partial charge is 0.332 e. The number of unbranched alkanes of at least 4 members (excludes halogenated alkanes) is 22. The maximum Gasteiger partial charge on any atom is 0.332 e. The van der Waals surface area contributed by atoms with Crippen LogP contribution in [0, 0.1) is 0 Å². The zero-order chi connectivity index (χ0) is 40.5. The van der Waals surface area contributed by atoms with E-state index in [0.29, 0.717) is 26.1 Å². The number of nitrogens with zero attached hydrogens (tertiary/aromatic N) is 1. The van der Waals surface area contributed by atoms with E-state index in [1.807, 2.05) is 6.92 Å². The predicted molar refractivity (Wildman–Crippen MR) is 233 cm³/mol. The number of carbonyl (C=O) groups is 2. The van der Waals surface area contributed by atoms with Gasteiger partial charge < -0.3 is 27.5 Å². The molecule has 8 nitrogen and oxygen atoms in total. The van der Waals surface area contributed by atoms with Gasteiger partial charge in [-0.25, -0.2) is 0 Å². The van der Waals surface area contributed by atoms with Gasteiger partial charge >= 0.3 is 20.5 Å². The van der Waals surface area contributed by atoms with Crippen LogP contribution in [0.2, 0.25) is 0 Å². The van der Waals surface area contributed by atoms with E-state index in [1.54, 1.807) is 0 Å². The molecular weight excluding hydrogens is 709 g/mol. The molecular formula is C46H89NO7P+. The van der Waals surface area contributed by atoms with Gasteiger partial charge in [-0.2, -0.15) is 0 Å². The van der Waals surface area contributed by atoms with Gasteiger partial charge in [0.25, 0.3) is 0 Å². The number of hydrogen-bond acceptors (Lipinski definition) is 7. The van der Waals surface area contributed by atoms with Gasteiger partial charge in [0.15, 0.2) is 6.10 Å². The summed E-state index contributed by atoms with van der Waals surface area (Å²) in [5.74, 6) is -0.548. The highest BCUT2D eigenvalue weighted by molar-refractivity contribution is 7.41. The van der Waals surface area contributed by atoms with Crippen LogP contribution >= 0.6 is 8.60 Å². The summed E-state index contributed by atoms with van der Waals surface area (Å²) in [4.78, 5) is 25.4. The molecule has 0 heterocycles. The molecule has 2 atom stereocenters. The first kappa shape index (κ1) is 53.7. The number of likely N-dealkylation sites (N-methyl/N-ethyl adjacent to an activating group) is 1. The van der Waals surface area contributed by atoms with Crippen molar-refractivity contribution in [2.45, 2.75) is 207 Å². The van der Waals surface area contributed by atoms with Gasteiger partial charge in [-0.1, -0.05) is 141 Å². The molecule has 0 aliphatic heterocycles. The van der Waals surface area contributed by atoms with Gasteiger partial charge in [-0.15, -0.1) is 0 Å². The van der Waals surface area contributed by atoms with Gasteiger partial charge in [0.05, 0.1) is 34.4 Å². The number of esters is 2. The van der Waals surface area contributed by atoms with Crippen molar-refractivity contribution in [3.63, 3.8) is 0 Å². The Labute approximate surface area is 341 Å². The Balaban J connectivity index is 4.45. The summed E-state index contributed by atoms with van der Waals surface area (Å²) in [6.07, 6.45) is 40.8. The molecule has 0 aliphatic rings. The van der Waals surface area contributed by atoms with Gasteiger partial charge in [0.1, 0.15) is 19.8 Å². The molecule has 0 aromatic carbocycles. The molecule has 0 aromatic heterocycles. The molecule has 0 rings (SSSR count). The summed E-state index contributed by atoms with van der Waals surface area (Å²) in [6, 6.07) is 0. The Bertz CT molecular complexity index is 907. The van der Waals surface area contributed by atoms with E-state index < -0.39 is 14.7 Å². The second-order valence-corrected chi connectivity index (χ2v) is 17.5. The SMILES string of the molecule is CCCCCCCC/C=C\CCCCCCCC(=O)OC[C@@H](COP(OCC)OCC[N+](C)(C)C)OC(=O)CCCCCCC/C=C\CCCCCCCC. The first-order valence-corrected chi connectivity index (χ1v) is 24.0. The number of hydrogen-bond donors (Lipinski definition) is 0. The lowest BCUT2D eigenvalue weighted by atomic mass is 10.1. The molecule has 324 valence electrons. The fourth-order valence-electron chi connectivity index (χ4n) is 6.05. The Morgan fingerprint density at radius 1 is 0.509 bits per heavy atom. The predicted octanol–water partition coefficient (Wildman–Crippen LogP) is 13.5. The van der Waals surface area contributed by atoms with Crippen LogP contribution in [0.3, 0.4) is 0 Å². The van der Waals surface area contributed by atoms with Crippen LogP contribution in [0.15, 0.2) is 24.3 Å². The second kappa shape index (κ2) is 40.9. The molecule has 0 aromatic rings. The quantitative estimate of drug-likeness (QED) is 0.0200. The Hall–Kier alpha value is -1.31. The number of carbonyl (C=O) groups excluding carboxylic acids is 2. The molecule has 0 fully saturated rings. The third kappa shape index (κ3) is 42.1. The zero-order valence-electron chi connectivity index (χ0n) is 37.0. The first-order chi connectivity index (χ1) is 26.7. The van der Waals surface area contributed by atoms with E-state index >= 15 is 0 Å². The van der Waals surface area contributed by atoms with Crippen molar-refractivity contribution >= 4 is 20.5 Å². The fraction of sp³-hybridized carbons (Fsp3) is 0.870. The fourth-order valence-corrected chi connectivity index (χ4v) is 7.00. The highest BCUT2D eigenvalue weighted by Gasteiger charge is 2.22. The van der Waals surface area contributed by atoms with E-state index in [4.69, 9.17) is 23.0 Å². The second-order valence-electron chi connectivity index (χ2n) is 16.2. The zero-order valence-corrected chi connectivity index (χ0v) is 37.9. The summed E-state index contributed by atoms with van der Waals surface area (Å²) < 4.78 is 29.7. The topological polar surface area (TPSA) is 80.3 Å². The van der Waals surface area contributed by atoms with Gasteiger partial charge in [-0.3, -0.25) is 9.59 Å². The Morgan fingerprint density at radius 2 is 0.927 bits per heavy atom. The highest BCUT2D eigenvalue weighted by Crippen LogP contribution is 2.39. The van der Waals surface area contributed by atoms with Crippen LogP contribution < -0.4 is 0 Å². The van der Waals surface area contributed by atoms with E-state index in [9.17, 15) is 9.59 Å². The van der Waals surface area contributed by atoms with Crippen molar-refractivity contribution in [1.82, 2.24) is 0 Å². The van der Waals surface area contributed by atoms with E-state index in [0.717, 1.165) is 62.4 Å². The van der Waals surface area contributed by atoms with Crippen molar-refractivity contribution in [3.8, 4) is 0 Å². The van der Waals surface area contributed by atoms with Crippen molar-refractivity contribution < 1.29 is 37.1 Å². The highest BCUT2D eigenvalue weighted by atomic mass is 31.2. The third-order valence-corrected chi connectivity index (χ3v) is 10.8. The van der Waals surface area contributed by atoms with Gasteiger partial charge in [-0.05, 0) is 71.1 Å². The Morgan fingerprint density at radius 3 is 1.36 bits per heavy atom. The molecule has 0 radical (unpaired) electrons. The van der Waals surface area contributed by atoms with Crippen LogP contribution in [-0.4, -0.2) is 76.6 Å². The van der Waals surface area contributed by atoms with Crippen molar-refractivity contribution in [3.05, 3.63) is 24.3 Å². The summed E-state index contributed by atoms with van der Waals surface area (Å²) in [5, 5.41) is 0. The van der Waals surface area contributed by atoms with Gasteiger partial charge in [0, 0.05) is 12.8 Å². The lowest BCUT2D eigenvalue weighted by molar-refractivity contribution is -0.870. The minimum atomic E-state index is -1.60. The minimum Gasteiger partial charge on any atom is -0.462 e. The molecule has 0 spiro atoms. The van der Waals surface area contributed by atoms with Crippen molar-refractivity contribution in [2.24, 2.45) is 0 Å². The molecule has 0 bridgehead atoms. The van der Waals surface area contributed by atoms with Crippen LogP contribution in [0.1, 0.15) is 201 Å².